The zero-order valence-electron chi connectivity index (χ0n) is 17.4. The van der Waals surface area contributed by atoms with Gasteiger partial charge in [-0.2, -0.15) is 0 Å². The summed E-state index contributed by atoms with van der Waals surface area (Å²) in [6.07, 6.45) is 0. The van der Waals surface area contributed by atoms with Crippen LogP contribution in [0.3, 0.4) is 0 Å². The molecule has 1 aromatic heterocycles. The van der Waals surface area contributed by atoms with Gasteiger partial charge in [-0.25, -0.2) is 0 Å². The summed E-state index contributed by atoms with van der Waals surface area (Å²) in [4.78, 5) is 15.4. The number of rotatable bonds is 1. The Morgan fingerprint density at radius 2 is 1.26 bits per heavy atom. The molecule has 0 saturated heterocycles. The standard InChI is InChI=1S/C27H21NOSSi/c1-31(2)25-13-7-4-10-21(25)28(22-11-5-8-14-26(22)31)18-15-16-20-24(17-18)30-23-12-6-3-9-19(23)27(20)29/h3-17H,1-2H3. The van der Waals surface area contributed by atoms with Gasteiger partial charge in [0.05, 0.1) is 0 Å². The van der Waals surface area contributed by atoms with Crippen LogP contribution in [0.1, 0.15) is 0 Å². The van der Waals surface area contributed by atoms with Crippen LogP contribution in [0.4, 0.5) is 17.1 Å². The summed E-state index contributed by atoms with van der Waals surface area (Å²) in [5, 5.41) is 4.48. The maximum atomic E-state index is 13.1. The monoisotopic (exact) mass is 435 g/mol. The molecule has 0 fully saturated rings. The summed E-state index contributed by atoms with van der Waals surface area (Å²) in [5.74, 6) is 0. The van der Waals surface area contributed by atoms with Crippen molar-refractivity contribution in [3.05, 3.63) is 101 Å². The van der Waals surface area contributed by atoms with Gasteiger partial charge in [0.1, 0.15) is 8.07 Å². The number of hydrogen-bond acceptors (Lipinski definition) is 3. The zero-order valence-corrected chi connectivity index (χ0v) is 19.2. The Morgan fingerprint density at radius 3 is 1.97 bits per heavy atom. The molecule has 0 spiro atoms. The Hall–Kier alpha value is -3.21. The molecule has 2 heterocycles. The van der Waals surface area contributed by atoms with E-state index in [1.165, 1.54) is 21.7 Å². The third-order valence-corrected chi connectivity index (χ3v) is 11.1. The Kier molecular flexibility index (Phi) is 3.97. The smallest absolute Gasteiger partial charge is 0.195 e. The molecule has 0 aliphatic carbocycles. The van der Waals surface area contributed by atoms with Crippen LogP contribution in [0, 0.1) is 0 Å². The minimum absolute atomic E-state index is 0.115. The van der Waals surface area contributed by atoms with Gasteiger partial charge in [-0.15, -0.1) is 11.3 Å². The lowest BCUT2D eigenvalue weighted by Crippen LogP contribution is -2.58. The van der Waals surface area contributed by atoms with Crippen molar-refractivity contribution in [2.24, 2.45) is 0 Å². The van der Waals surface area contributed by atoms with Gasteiger partial charge in [-0.1, -0.05) is 61.6 Å². The van der Waals surface area contributed by atoms with E-state index in [0.717, 1.165) is 25.9 Å². The molecule has 31 heavy (non-hydrogen) atoms. The fourth-order valence-electron chi connectivity index (χ4n) is 4.88. The quantitative estimate of drug-likeness (QED) is 0.237. The van der Waals surface area contributed by atoms with Crippen LogP contribution in [-0.4, -0.2) is 8.07 Å². The lowest BCUT2D eigenvalue weighted by molar-refractivity contribution is 1.29. The second kappa shape index (κ2) is 6.64. The maximum Gasteiger partial charge on any atom is 0.195 e. The molecule has 0 N–H and O–H groups in total. The molecule has 0 radical (unpaired) electrons. The van der Waals surface area contributed by atoms with Gasteiger partial charge in [-0.05, 0) is 52.8 Å². The first-order valence-electron chi connectivity index (χ1n) is 10.5. The van der Waals surface area contributed by atoms with Gasteiger partial charge in [0, 0.05) is 37.2 Å². The largest absolute Gasteiger partial charge is 0.311 e. The number of para-hydroxylation sites is 2. The summed E-state index contributed by atoms with van der Waals surface area (Å²) >= 11 is 1.69. The van der Waals surface area contributed by atoms with Crippen molar-refractivity contribution in [2.75, 3.05) is 4.90 Å². The van der Waals surface area contributed by atoms with E-state index in [9.17, 15) is 4.79 Å². The Labute approximate surface area is 186 Å². The summed E-state index contributed by atoms with van der Waals surface area (Å²) < 4.78 is 2.06. The number of fused-ring (bicyclic) bond motifs is 4. The topological polar surface area (TPSA) is 20.3 Å². The summed E-state index contributed by atoms with van der Waals surface area (Å²) in [6, 6.07) is 31.7. The van der Waals surface area contributed by atoms with Gasteiger partial charge < -0.3 is 4.90 Å². The van der Waals surface area contributed by atoms with Crippen LogP contribution in [0.2, 0.25) is 13.1 Å². The molecule has 150 valence electrons. The second-order valence-corrected chi connectivity index (χ2v) is 14.0. The van der Waals surface area contributed by atoms with E-state index in [-0.39, 0.29) is 5.43 Å². The number of hydrogen-bond donors (Lipinski definition) is 0. The fraction of sp³-hybridized carbons (Fsp3) is 0.0741. The van der Waals surface area contributed by atoms with Crippen LogP contribution in [0.15, 0.2) is 95.8 Å². The SMILES string of the molecule is C[Si]1(C)c2ccccc2N(c2ccc3c(=O)c4ccccc4sc3c2)c2ccccc21. The van der Waals surface area contributed by atoms with Crippen molar-refractivity contribution in [1.82, 2.24) is 0 Å². The molecule has 0 atom stereocenters. The summed E-state index contributed by atoms with van der Waals surface area (Å²) in [7, 11) is -1.79. The van der Waals surface area contributed by atoms with E-state index in [0.29, 0.717) is 0 Å². The fourth-order valence-corrected chi connectivity index (χ4v) is 8.97. The predicted octanol–water partition coefficient (Wildman–Crippen LogP) is 6.02. The first-order chi connectivity index (χ1) is 15.1. The van der Waals surface area contributed by atoms with Crippen molar-refractivity contribution in [2.45, 2.75) is 13.1 Å². The Morgan fingerprint density at radius 1 is 0.677 bits per heavy atom. The van der Waals surface area contributed by atoms with Crippen LogP contribution in [0.25, 0.3) is 20.2 Å². The third kappa shape index (κ3) is 2.65. The van der Waals surface area contributed by atoms with Gasteiger partial charge >= 0.3 is 0 Å². The van der Waals surface area contributed by atoms with Crippen LogP contribution in [0.5, 0.6) is 0 Å². The van der Waals surface area contributed by atoms with E-state index in [4.69, 9.17) is 0 Å². The van der Waals surface area contributed by atoms with Crippen molar-refractivity contribution in [3.8, 4) is 0 Å². The third-order valence-electron chi connectivity index (χ3n) is 6.46. The first-order valence-corrected chi connectivity index (χ1v) is 14.3. The lowest BCUT2D eigenvalue weighted by Gasteiger charge is -2.41. The minimum Gasteiger partial charge on any atom is -0.311 e. The van der Waals surface area contributed by atoms with Crippen molar-refractivity contribution < 1.29 is 0 Å². The van der Waals surface area contributed by atoms with Gasteiger partial charge in [0.2, 0.25) is 0 Å². The summed E-state index contributed by atoms with van der Waals surface area (Å²) in [5.41, 5.74) is 3.72. The van der Waals surface area contributed by atoms with Gasteiger partial charge in [0.15, 0.2) is 5.43 Å². The molecule has 0 saturated carbocycles. The van der Waals surface area contributed by atoms with Gasteiger partial charge in [0.25, 0.3) is 0 Å². The van der Waals surface area contributed by atoms with Crippen molar-refractivity contribution in [3.63, 3.8) is 0 Å². The second-order valence-electron chi connectivity index (χ2n) is 8.60. The highest BCUT2D eigenvalue weighted by Crippen LogP contribution is 2.39. The molecule has 5 aromatic rings. The molecular weight excluding hydrogens is 414 g/mol. The van der Waals surface area contributed by atoms with Crippen LogP contribution < -0.4 is 20.7 Å². The molecule has 0 bridgehead atoms. The van der Waals surface area contributed by atoms with Crippen LogP contribution in [-0.2, 0) is 0 Å². The lowest BCUT2D eigenvalue weighted by atomic mass is 10.1. The number of nitrogens with zero attached hydrogens (tertiary/aromatic N) is 1. The average molecular weight is 436 g/mol. The molecule has 4 heteroatoms. The maximum absolute atomic E-state index is 13.1. The highest BCUT2D eigenvalue weighted by Gasteiger charge is 2.38. The molecule has 1 aliphatic rings. The highest BCUT2D eigenvalue weighted by atomic mass is 32.1. The number of anilines is 3. The predicted molar refractivity (Wildman–Crippen MR) is 137 cm³/mol. The van der Waals surface area contributed by atoms with Crippen LogP contribution >= 0.6 is 11.3 Å². The van der Waals surface area contributed by atoms with Crippen molar-refractivity contribution >= 4 is 67.0 Å². The molecule has 0 unspecified atom stereocenters. The van der Waals surface area contributed by atoms with E-state index in [1.807, 2.05) is 30.3 Å². The molecule has 2 nitrogen and oxygen atoms in total. The summed E-state index contributed by atoms with van der Waals surface area (Å²) in [6.45, 7) is 4.86. The van der Waals surface area contributed by atoms with Gasteiger partial charge in [-0.3, -0.25) is 4.79 Å². The molecular formula is C27H21NOSSi. The van der Waals surface area contributed by atoms with E-state index < -0.39 is 8.07 Å². The molecule has 6 rings (SSSR count). The van der Waals surface area contributed by atoms with E-state index in [1.54, 1.807) is 11.3 Å². The van der Waals surface area contributed by atoms with E-state index in [2.05, 4.69) is 78.7 Å². The average Bonchev–Trinajstić information content (AvgIpc) is 2.79. The van der Waals surface area contributed by atoms with Crippen molar-refractivity contribution in [1.29, 1.82) is 0 Å². The minimum atomic E-state index is -1.79. The molecule has 4 aromatic carbocycles. The Bertz CT molecular complexity index is 1500. The highest BCUT2D eigenvalue weighted by molar-refractivity contribution is 7.24. The van der Waals surface area contributed by atoms with E-state index >= 15 is 0 Å². The molecule has 1 aliphatic heterocycles. The Balaban J connectivity index is 1.65. The number of benzene rings is 4. The normalized spacial score (nSPS) is 14.5. The molecule has 0 amide bonds. The zero-order chi connectivity index (χ0) is 21.2. The first kappa shape index (κ1) is 18.5.